The number of hydrogen-bond donors (Lipinski definition) is 3. The summed E-state index contributed by atoms with van der Waals surface area (Å²) in [7, 11) is 0. The molecule has 2 aliphatic rings. The highest BCUT2D eigenvalue weighted by Crippen LogP contribution is 2.32. The third kappa shape index (κ3) is 5.19. The van der Waals surface area contributed by atoms with Crippen LogP contribution in [0.1, 0.15) is 50.5 Å². The number of carbonyl (C=O) groups excluding carboxylic acids is 2. The molecule has 0 radical (unpaired) electrons. The smallest absolute Gasteiger partial charge is 0.249 e. The maximum Gasteiger partial charge on any atom is 0.249 e. The fourth-order valence-corrected chi connectivity index (χ4v) is 4.89. The van der Waals surface area contributed by atoms with E-state index in [-0.39, 0.29) is 17.7 Å². The van der Waals surface area contributed by atoms with E-state index in [0.29, 0.717) is 17.5 Å². The van der Waals surface area contributed by atoms with E-state index >= 15 is 0 Å². The number of rotatable bonds is 5. The van der Waals surface area contributed by atoms with Crippen molar-refractivity contribution < 1.29 is 9.59 Å². The van der Waals surface area contributed by atoms with Gasteiger partial charge in [-0.05, 0) is 92.6 Å². The second-order valence-corrected chi connectivity index (χ2v) is 9.75. The zero-order valence-electron chi connectivity index (χ0n) is 20.0. The summed E-state index contributed by atoms with van der Waals surface area (Å²) >= 11 is 0. The number of carbonyl (C=O) groups is 2. The number of fused-ring (bicyclic) bond motifs is 1. The number of benzene rings is 1. The number of hydrogen-bond acceptors (Lipinski definition) is 5. The van der Waals surface area contributed by atoms with Crippen molar-refractivity contribution in [3.8, 4) is 11.1 Å². The molecule has 0 saturated heterocycles. The van der Waals surface area contributed by atoms with Crippen molar-refractivity contribution in [3.63, 3.8) is 0 Å². The Balaban J connectivity index is 1.25. The third-order valence-electron chi connectivity index (χ3n) is 7.26. The fraction of sp³-hybridized carbons (Fsp3) is 0.357. The summed E-state index contributed by atoms with van der Waals surface area (Å²) in [5.74, 6) is 0.517. The highest BCUT2D eigenvalue weighted by atomic mass is 16.2. The lowest BCUT2D eigenvalue weighted by Gasteiger charge is -2.30. The Morgan fingerprint density at radius 1 is 1.09 bits per heavy atom. The van der Waals surface area contributed by atoms with Gasteiger partial charge in [-0.1, -0.05) is 5.57 Å². The molecule has 1 aromatic carbocycles. The second-order valence-electron chi connectivity index (χ2n) is 9.75. The number of nitrogens with two attached hydrogens (primary N) is 1. The average molecular weight is 470 g/mol. The van der Waals surface area contributed by atoms with Gasteiger partial charge in [0.05, 0.1) is 0 Å². The first-order chi connectivity index (χ1) is 17.0. The Kier molecular flexibility index (Phi) is 6.49. The Bertz CT molecular complexity index is 1300. The standard InChI is InChI=1S/C28H31N5O2/c1-17-9-10-30-15-23(17)20-12-21-14-26(31-16-24(21)25(29)13-20)33-27(34)11-18-5-7-19(8-6-18)28(35)32-22-3-2-4-22/h9-16,19,22H,2-8,29H2,1H3,(H,32,35)(H,31,33,34). The van der Waals surface area contributed by atoms with Gasteiger partial charge in [-0.15, -0.1) is 0 Å². The number of aryl methyl sites for hydroxylation is 1. The number of nitrogen functional groups attached to an aromatic ring is 1. The predicted octanol–water partition coefficient (Wildman–Crippen LogP) is 4.91. The molecule has 0 atom stereocenters. The molecule has 0 bridgehead atoms. The van der Waals surface area contributed by atoms with Crippen molar-refractivity contribution in [1.29, 1.82) is 0 Å². The largest absolute Gasteiger partial charge is 0.398 e. The van der Waals surface area contributed by atoms with E-state index in [1.54, 1.807) is 18.5 Å². The van der Waals surface area contributed by atoms with Crippen molar-refractivity contribution in [2.24, 2.45) is 5.92 Å². The first-order valence-electron chi connectivity index (χ1n) is 12.4. The Morgan fingerprint density at radius 3 is 2.60 bits per heavy atom. The lowest BCUT2D eigenvalue weighted by molar-refractivity contribution is -0.126. The fourth-order valence-electron chi connectivity index (χ4n) is 4.89. The van der Waals surface area contributed by atoms with Gasteiger partial charge in [-0.25, -0.2) is 4.98 Å². The minimum atomic E-state index is -0.198. The van der Waals surface area contributed by atoms with Crippen LogP contribution in [0.4, 0.5) is 11.5 Å². The van der Waals surface area contributed by atoms with Crippen LogP contribution in [0.5, 0.6) is 0 Å². The van der Waals surface area contributed by atoms with Gasteiger partial charge in [-0.2, -0.15) is 0 Å². The number of allylic oxidation sites excluding steroid dienone is 1. The summed E-state index contributed by atoms with van der Waals surface area (Å²) in [6, 6.07) is 8.16. The van der Waals surface area contributed by atoms with Crippen LogP contribution in [0.25, 0.3) is 21.9 Å². The molecule has 5 rings (SSSR count). The van der Waals surface area contributed by atoms with Gasteiger partial charge in [0.2, 0.25) is 11.8 Å². The van der Waals surface area contributed by atoms with Gasteiger partial charge in [0.1, 0.15) is 5.82 Å². The van der Waals surface area contributed by atoms with E-state index < -0.39 is 0 Å². The highest BCUT2D eigenvalue weighted by Gasteiger charge is 2.27. The number of nitrogens with one attached hydrogen (secondary N) is 2. The lowest BCUT2D eigenvalue weighted by atomic mass is 9.84. The van der Waals surface area contributed by atoms with Gasteiger partial charge in [0.25, 0.3) is 0 Å². The average Bonchev–Trinajstić information content (AvgIpc) is 2.81. The minimum Gasteiger partial charge on any atom is -0.398 e. The molecule has 0 unspecified atom stereocenters. The highest BCUT2D eigenvalue weighted by molar-refractivity contribution is 6.02. The van der Waals surface area contributed by atoms with Crippen LogP contribution in [0.15, 0.2) is 54.5 Å². The van der Waals surface area contributed by atoms with Crippen molar-refractivity contribution in [2.75, 3.05) is 11.1 Å². The van der Waals surface area contributed by atoms with E-state index in [0.717, 1.165) is 71.6 Å². The normalized spacial score (nSPS) is 18.1. The van der Waals surface area contributed by atoms with Crippen LogP contribution >= 0.6 is 0 Å². The van der Waals surface area contributed by atoms with Crippen molar-refractivity contribution in [2.45, 2.75) is 57.9 Å². The van der Waals surface area contributed by atoms with Crippen molar-refractivity contribution in [1.82, 2.24) is 15.3 Å². The molecule has 2 fully saturated rings. The van der Waals surface area contributed by atoms with Crippen LogP contribution in [-0.2, 0) is 9.59 Å². The molecule has 7 nitrogen and oxygen atoms in total. The van der Waals surface area contributed by atoms with Crippen LogP contribution < -0.4 is 16.4 Å². The third-order valence-corrected chi connectivity index (χ3v) is 7.26. The van der Waals surface area contributed by atoms with Crippen LogP contribution in [0.3, 0.4) is 0 Å². The van der Waals surface area contributed by atoms with E-state index in [2.05, 4.69) is 20.6 Å². The minimum absolute atomic E-state index is 0.0565. The number of amides is 2. The molecule has 3 aromatic rings. The maximum atomic E-state index is 12.7. The maximum absolute atomic E-state index is 12.7. The second kappa shape index (κ2) is 9.86. The molecular weight excluding hydrogens is 438 g/mol. The molecule has 2 heterocycles. The molecule has 180 valence electrons. The molecule has 2 amide bonds. The molecule has 7 heteroatoms. The SMILES string of the molecule is Cc1ccncc1-c1cc(N)c2cnc(NC(=O)C=C3CCC(C(=O)NC4CCC4)CC3)cc2c1. The van der Waals surface area contributed by atoms with E-state index in [9.17, 15) is 9.59 Å². The molecule has 2 aromatic heterocycles. The summed E-state index contributed by atoms with van der Waals surface area (Å²) in [5, 5.41) is 7.78. The predicted molar refractivity (Wildman–Crippen MR) is 139 cm³/mol. The Morgan fingerprint density at radius 2 is 1.89 bits per heavy atom. The summed E-state index contributed by atoms with van der Waals surface area (Å²) in [6.45, 7) is 2.04. The summed E-state index contributed by atoms with van der Waals surface area (Å²) in [5.41, 5.74) is 11.1. The van der Waals surface area contributed by atoms with Crippen LogP contribution in [0, 0.1) is 12.8 Å². The monoisotopic (exact) mass is 469 g/mol. The van der Waals surface area contributed by atoms with Gasteiger partial charge in [-0.3, -0.25) is 14.6 Å². The van der Waals surface area contributed by atoms with E-state index in [4.69, 9.17) is 5.73 Å². The lowest BCUT2D eigenvalue weighted by Crippen LogP contribution is -2.43. The number of nitrogens with zero attached hydrogens (tertiary/aromatic N) is 2. The molecular formula is C28H31N5O2. The van der Waals surface area contributed by atoms with E-state index in [1.165, 1.54) is 6.42 Å². The Labute approximate surface area is 205 Å². The number of anilines is 2. The van der Waals surface area contributed by atoms with Crippen LogP contribution in [0.2, 0.25) is 0 Å². The molecule has 2 aliphatic carbocycles. The molecule has 0 spiro atoms. The van der Waals surface area contributed by atoms with E-state index in [1.807, 2.05) is 37.4 Å². The summed E-state index contributed by atoms with van der Waals surface area (Å²) in [6.07, 6.45) is 13.5. The topological polar surface area (TPSA) is 110 Å². The first kappa shape index (κ1) is 23.0. The van der Waals surface area contributed by atoms with Gasteiger partial charge in [0.15, 0.2) is 0 Å². The van der Waals surface area contributed by atoms with Crippen molar-refractivity contribution >= 4 is 34.1 Å². The number of aromatic nitrogens is 2. The zero-order valence-corrected chi connectivity index (χ0v) is 20.0. The first-order valence-corrected chi connectivity index (χ1v) is 12.4. The molecule has 4 N–H and O–H groups in total. The van der Waals surface area contributed by atoms with Gasteiger partial charge < -0.3 is 16.4 Å². The summed E-state index contributed by atoms with van der Waals surface area (Å²) < 4.78 is 0. The van der Waals surface area contributed by atoms with Gasteiger partial charge in [0, 0.05) is 53.3 Å². The molecule has 2 saturated carbocycles. The zero-order chi connectivity index (χ0) is 24.4. The molecule has 35 heavy (non-hydrogen) atoms. The Hall–Kier alpha value is -3.74. The number of pyridine rings is 2. The quantitative estimate of drug-likeness (QED) is 0.363. The van der Waals surface area contributed by atoms with Gasteiger partial charge >= 0.3 is 0 Å². The molecule has 0 aliphatic heterocycles. The summed E-state index contributed by atoms with van der Waals surface area (Å²) in [4.78, 5) is 33.7. The van der Waals surface area contributed by atoms with Crippen molar-refractivity contribution in [3.05, 3.63) is 60.1 Å². The van der Waals surface area contributed by atoms with Crippen LogP contribution in [-0.4, -0.2) is 27.8 Å².